The fourth-order valence-electron chi connectivity index (χ4n) is 0.722. The molecule has 14 heavy (non-hydrogen) atoms. The fourth-order valence-corrected chi connectivity index (χ4v) is 0.722. The molecule has 78 valence electrons. The van der Waals surface area contributed by atoms with Crippen molar-refractivity contribution in [1.82, 2.24) is 10.6 Å². The molecule has 1 atom stereocenters. The maximum absolute atomic E-state index is 11.1. The van der Waals surface area contributed by atoms with Gasteiger partial charge >= 0.3 is 6.03 Å². The second-order valence-electron chi connectivity index (χ2n) is 2.60. The van der Waals surface area contributed by atoms with Crippen LogP contribution >= 0.6 is 0 Å². The molecule has 0 aromatic carbocycles. The van der Waals surface area contributed by atoms with Crippen LogP contribution in [0.1, 0.15) is 6.42 Å². The minimum Gasteiger partial charge on any atom is -0.353 e. The van der Waals surface area contributed by atoms with Gasteiger partial charge in [0.1, 0.15) is 0 Å². The van der Waals surface area contributed by atoms with Gasteiger partial charge in [0.15, 0.2) is 0 Å². The van der Waals surface area contributed by atoms with Gasteiger partial charge in [0.05, 0.1) is 6.04 Å². The van der Waals surface area contributed by atoms with Crippen LogP contribution < -0.4 is 22.1 Å². The Balaban J connectivity index is 3.54. The first kappa shape index (κ1) is 12.3. The van der Waals surface area contributed by atoms with Crippen LogP contribution in [0.15, 0.2) is 0 Å². The van der Waals surface area contributed by atoms with Gasteiger partial charge in [0.25, 0.3) is 0 Å². The molecule has 0 aromatic heterocycles. The quantitative estimate of drug-likeness (QED) is 0.306. The molecule has 0 aliphatic rings. The van der Waals surface area contributed by atoms with E-state index in [-0.39, 0.29) is 25.4 Å². The molecule has 0 rings (SSSR count). The molecule has 0 saturated heterocycles. The van der Waals surface area contributed by atoms with Crippen LogP contribution in [0.3, 0.4) is 0 Å². The van der Waals surface area contributed by atoms with Gasteiger partial charge < -0.3 is 22.1 Å². The molecule has 3 amide bonds. The second kappa shape index (κ2) is 6.74. The molecule has 6 heteroatoms. The number of carbonyl (C=O) groups is 2. The zero-order chi connectivity index (χ0) is 11.0. The second-order valence-corrected chi connectivity index (χ2v) is 2.60. The van der Waals surface area contributed by atoms with Crippen LogP contribution in [0.5, 0.6) is 0 Å². The van der Waals surface area contributed by atoms with Crippen LogP contribution in [0.4, 0.5) is 4.79 Å². The molecular weight excluding hydrogens is 184 g/mol. The van der Waals surface area contributed by atoms with Gasteiger partial charge in [-0.05, 0) is 0 Å². The minimum atomic E-state index is -0.700. The number of rotatable bonds is 5. The third kappa shape index (κ3) is 5.85. The number of primary amides is 1. The summed E-state index contributed by atoms with van der Waals surface area (Å²) < 4.78 is 0. The first-order chi connectivity index (χ1) is 6.57. The highest BCUT2D eigenvalue weighted by molar-refractivity contribution is 5.81. The molecule has 0 aliphatic carbocycles. The van der Waals surface area contributed by atoms with Crippen molar-refractivity contribution in [3.05, 3.63) is 0 Å². The number of nitrogens with two attached hydrogens (primary N) is 2. The van der Waals surface area contributed by atoms with E-state index >= 15 is 0 Å². The van der Waals surface area contributed by atoms with E-state index in [1.807, 2.05) is 0 Å². The Labute approximate surface area is 82.4 Å². The van der Waals surface area contributed by atoms with Crippen LogP contribution in [-0.4, -0.2) is 31.1 Å². The summed E-state index contributed by atoms with van der Waals surface area (Å²) in [5.74, 6) is 1.94. The summed E-state index contributed by atoms with van der Waals surface area (Å²) in [7, 11) is 0. The predicted octanol–water partition coefficient (Wildman–Crippen LogP) is -1.88. The van der Waals surface area contributed by atoms with Crippen LogP contribution in [0.25, 0.3) is 0 Å². The van der Waals surface area contributed by atoms with E-state index in [1.165, 1.54) is 0 Å². The van der Waals surface area contributed by atoms with E-state index in [9.17, 15) is 9.59 Å². The fraction of sp³-hybridized carbons (Fsp3) is 0.500. The molecule has 6 N–H and O–H groups in total. The Morgan fingerprint density at radius 2 is 1.93 bits per heavy atom. The van der Waals surface area contributed by atoms with Crippen molar-refractivity contribution in [2.45, 2.75) is 12.5 Å². The van der Waals surface area contributed by atoms with Gasteiger partial charge in [-0.1, -0.05) is 0 Å². The number of hydrogen-bond acceptors (Lipinski definition) is 3. The molecular formula is C8H14N4O2. The van der Waals surface area contributed by atoms with Gasteiger partial charge in [-0.2, -0.15) is 0 Å². The smallest absolute Gasteiger partial charge is 0.312 e. The van der Waals surface area contributed by atoms with Crippen LogP contribution in [0, 0.1) is 12.3 Å². The van der Waals surface area contributed by atoms with E-state index in [0.29, 0.717) is 0 Å². The molecule has 1 unspecified atom stereocenters. The normalized spacial score (nSPS) is 11.1. The Bertz CT molecular complexity index is 246. The summed E-state index contributed by atoms with van der Waals surface area (Å²) in [5.41, 5.74) is 10.2. The maximum atomic E-state index is 11.1. The summed E-state index contributed by atoms with van der Waals surface area (Å²) >= 11 is 0. The molecule has 0 aliphatic heterocycles. The van der Waals surface area contributed by atoms with E-state index in [4.69, 9.17) is 17.9 Å². The monoisotopic (exact) mass is 198 g/mol. The zero-order valence-corrected chi connectivity index (χ0v) is 7.75. The van der Waals surface area contributed by atoms with Crippen molar-refractivity contribution in [3.8, 4) is 12.3 Å². The highest BCUT2D eigenvalue weighted by Gasteiger charge is 2.10. The van der Waals surface area contributed by atoms with Gasteiger partial charge in [-0.15, -0.1) is 12.3 Å². The van der Waals surface area contributed by atoms with Gasteiger partial charge in [0.2, 0.25) is 5.91 Å². The van der Waals surface area contributed by atoms with Crippen molar-refractivity contribution < 1.29 is 9.59 Å². The third-order valence-electron chi connectivity index (χ3n) is 1.40. The summed E-state index contributed by atoms with van der Waals surface area (Å²) in [4.78, 5) is 21.3. The van der Waals surface area contributed by atoms with Crippen molar-refractivity contribution in [2.24, 2.45) is 11.5 Å². The number of carbonyl (C=O) groups excluding carboxylic acids is 2. The molecule has 0 bridgehead atoms. The Morgan fingerprint density at radius 1 is 1.36 bits per heavy atom. The third-order valence-corrected chi connectivity index (χ3v) is 1.40. The summed E-state index contributed by atoms with van der Waals surface area (Å²) in [5, 5.41) is 4.81. The first-order valence-corrected chi connectivity index (χ1v) is 4.08. The van der Waals surface area contributed by atoms with Crippen molar-refractivity contribution in [2.75, 3.05) is 13.1 Å². The average molecular weight is 198 g/mol. The topological polar surface area (TPSA) is 110 Å². The average Bonchev–Trinajstić information content (AvgIpc) is 2.12. The number of amides is 3. The molecule has 6 nitrogen and oxygen atoms in total. The number of hydrogen-bond donors (Lipinski definition) is 4. The van der Waals surface area contributed by atoms with Crippen molar-refractivity contribution in [1.29, 1.82) is 0 Å². The largest absolute Gasteiger partial charge is 0.353 e. The van der Waals surface area contributed by atoms with Crippen molar-refractivity contribution in [3.63, 3.8) is 0 Å². The molecule has 0 radical (unpaired) electrons. The van der Waals surface area contributed by atoms with E-state index in [0.717, 1.165) is 0 Å². The van der Waals surface area contributed by atoms with Crippen LogP contribution in [-0.2, 0) is 4.79 Å². The van der Waals surface area contributed by atoms with E-state index in [2.05, 4.69) is 16.6 Å². The van der Waals surface area contributed by atoms with Crippen molar-refractivity contribution >= 4 is 11.9 Å². The summed E-state index contributed by atoms with van der Waals surface area (Å²) in [6.45, 7) is 0.546. The highest BCUT2D eigenvalue weighted by Crippen LogP contribution is 1.84. The van der Waals surface area contributed by atoms with E-state index in [1.54, 1.807) is 0 Å². The number of urea groups is 1. The highest BCUT2D eigenvalue weighted by atomic mass is 16.2. The molecule has 0 aromatic rings. The predicted molar refractivity (Wildman–Crippen MR) is 52.0 cm³/mol. The lowest BCUT2D eigenvalue weighted by Gasteiger charge is -2.09. The molecule has 0 spiro atoms. The van der Waals surface area contributed by atoms with Crippen LogP contribution in [0.2, 0.25) is 0 Å². The Hall–Kier alpha value is -1.74. The molecule has 0 saturated carbocycles. The van der Waals surface area contributed by atoms with Gasteiger partial charge in [-0.3, -0.25) is 4.79 Å². The lowest BCUT2D eigenvalue weighted by molar-refractivity contribution is -0.122. The maximum Gasteiger partial charge on any atom is 0.312 e. The first-order valence-electron chi connectivity index (χ1n) is 4.08. The minimum absolute atomic E-state index is 0.190. The zero-order valence-electron chi connectivity index (χ0n) is 7.75. The summed E-state index contributed by atoms with van der Waals surface area (Å²) in [6, 6.07) is -1.33. The Morgan fingerprint density at radius 3 is 2.43 bits per heavy atom. The Kier molecular flexibility index (Phi) is 5.90. The SMILES string of the molecule is C#CCC(N)C(=O)NCCNC(N)=O. The lowest BCUT2D eigenvalue weighted by atomic mass is 10.2. The standard InChI is InChI=1S/C8H14N4O2/c1-2-3-6(9)7(13)11-4-5-12-8(10)14/h1,6H,3-5,9H2,(H,11,13)(H3,10,12,14). The van der Waals surface area contributed by atoms with E-state index < -0.39 is 12.1 Å². The molecule has 0 fully saturated rings. The number of terminal acetylenes is 1. The van der Waals surface area contributed by atoms with Gasteiger partial charge in [-0.25, -0.2) is 4.79 Å². The number of nitrogens with one attached hydrogen (secondary N) is 2. The van der Waals surface area contributed by atoms with Gasteiger partial charge in [0, 0.05) is 19.5 Å². The molecule has 0 heterocycles. The lowest BCUT2D eigenvalue weighted by Crippen LogP contribution is -2.44. The summed E-state index contributed by atoms with van der Waals surface area (Å²) in [6.07, 6.45) is 5.17.